The summed E-state index contributed by atoms with van der Waals surface area (Å²) in [5.41, 5.74) is 0.262. The molecule has 1 aromatic carbocycles. The molecule has 0 bridgehead atoms. The molecule has 1 atom stereocenters. The summed E-state index contributed by atoms with van der Waals surface area (Å²) in [6.07, 6.45) is -0.616. The minimum Gasteiger partial charge on any atom is -0.461 e. The highest BCUT2D eigenvalue weighted by Crippen LogP contribution is 2.06. The maximum absolute atomic E-state index is 11.9. The van der Waals surface area contributed by atoms with Crippen molar-refractivity contribution in [3.8, 4) is 0 Å². The van der Waals surface area contributed by atoms with Gasteiger partial charge < -0.3 is 20.1 Å². The summed E-state index contributed by atoms with van der Waals surface area (Å²) in [5, 5.41) is 5.00. The minimum absolute atomic E-state index is 0.0533. The highest BCUT2D eigenvalue weighted by Gasteiger charge is 2.20. The maximum Gasteiger partial charge on any atom is 0.408 e. The van der Waals surface area contributed by atoms with Crippen molar-refractivity contribution in [3.05, 3.63) is 35.9 Å². The van der Waals surface area contributed by atoms with Crippen LogP contribution >= 0.6 is 0 Å². The molecule has 7 heteroatoms. The summed E-state index contributed by atoms with van der Waals surface area (Å²) in [5.74, 6) is -0.807. The van der Waals surface area contributed by atoms with E-state index in [4.69, 9.17) is 9.47 Å². The van der Waals surface area contributed by atoms with Gasteiger partial charge in [-0.1, -0.05) is 30.3 Å². The molecule has 0 heterocycles. The third-order valence-corrected chi connectivity index (χ3v) is 3.00. The van der Waals surface area contributed by atoms with E-state index < -0.39 is 29.6 Å². The van der Waals surface area contributed by atoms with Crippen LogP contribution in [0.25, 0.3) is 0 Å². The smallest absolute Gasteiger partial charge is 0.408 e. The van der Waals surface area contributed by atoms with Gasteiger partial charge in [0.15, 0.2) is 0 Å². The molecule has 2 N–H and O–H groups in total. The molecular formula is C18H26N2O5. The zero-order chi connectivity index (χ0) is 18.9. The number of hydrogen-bond donors (Lipinski definition) is 2. The average Bonchev–Trinajstić information content (AvgIpc) is 2.51. The van der Waals surface area contributed by atoms with E-state index in [1.54, 1.807) is 20.8 Å². The van der Waals surface area contributed by atoms with Crippen LogP contribution in [0.15, 0.2) is 30.3 Å². The largest absolute Gasteiger partial charge is 0.461 e. The Hall–Kier alpha value is -2.57. The van der Waals surface area contributed by atoms with Gasteiger partial charge in [0, 0.05) is 6.54 Å². The summed E-state index contributed by atoms with van der Waals surface area (Å²) in [6.45, 7) is 7.07. The fraction of sp³-hybridized carbons (Fsp3) is 0.500. The molecule has 0 aliphatic rings. The van der Waals surface area contributed by atoms with Gasteiger partial charge in [0.1, 0.15) is 18.2 Å². The van der Waals surface area contributed by atoms with E-state index in [0.717, 1.165) is 5.56 Å². The molecule has 25 heavy (non-hydrogen) atoms. The van der Waals surface area contributed by atoms with E-state index in [1.165, 1.54) is 6.92 Å². The highest BCUT2D eigenvalue weighted by atomic mass is 16.6. The van der Waals surface area contributed by atoms with Crippen molar-refractivity contribution in [2.75, 3.05) is 6.54 Å². The van der Waals surface area contributed by atoms with Gasteiger partial charge in [0.25, 0.3) is 0 Å². The molecule has 0 fully saturated rings. The first-order chi connectivity index (χ1) is 11.7. The Bertz CT molecular complexity index is 581. The molecule has 0 aliphatic carbocycles. The molecule has 0 saturated carbocycles. The van der Waals surface area contributed by atoms with Crippen molar-refractivity contribution >= 4 is 18.0 Å². The Kier molecular flexibility index (Phi) is 7.91. The molecule has 0 radical (unpaired) electrons. The first kappa shape index (κ1) is 20.5. The van der Waals surface area contributed by atoms with Crippen LogP contribution in [-0.2, 0) is 25.7 Å². The number of hydrogen-bond acceptors (Lipinski definition) is 5. The second-order valence-electron chi connectivity index (χ2n) is 6.56. The van der Waals surface area contributed by atoms with Gasteiger partial charge in [-0.25, -0.2) is 4.79 Å². The first-order valence-electron chi connectivity index (χ1n) is 8.14. The van der Waals surface area contributed by atoms with Crippen LogP contribution in [-0.4, -0.2) is 36.2 Å². The lowest BCUT2D eigenvalue weighted by atomic mass is 10.2. The van der Waals surface area contributed by atoms with Crippen LogP contribution in [0.3, 0.4) is 0 Å². The maximum atomic E-state index is 11.9. The molecule has 0 spiro atoms. The third kappa shape index (κ3) is 9.34. The van der Waals surface area contributed by atoms with Crippen molar-refractivity contribution in [1.29, 1.82) is 0 Å². The number of esters is 1. The van der Waals surface area contributed by atoms with Gasteiger partial charge in [-0.3, -0.25) is 9.59 Å². The Morgan fingerprint density at radius 1 is 1.12 bits per heavy atom. The summed E-state index contributed by atoms with van der Waals surface area (Å²) in [7, 11) is 0. The Labute approximate surface area is 148 Å². The standard InChI is InChI=1S/C18H26N2O5/c1-13(20-17(23)25-18(2,3)4)16(22)19-11-10-15(21)24-12-14-8-6-5-7-9-14/h5-9,13H,10-12H2,1-4H3,(H,19,22)(H,20,23)/t13-/m1/s1. The number of benzene rings is 1. The van der Waals surface area contributed by atoms with Crippen molar-refractivity contribution in [3.63, 3.8) is 0 Å². The van der Waals surface area contributed by atoms with Gasteiger partial charge in [-0.05, 0) is 33.3 Å². The summed E-state index contributed by atoms with van der Waals surface area (Å²) < 4.78 is 10.2. The zero-order valence-corrected chi connectivity index (χ0v) is 15.1. The van der Waals surface area contributed by atoms with Gasteiger partial charge in [0.05, 0.1) is 6.42 Å². The number of rotatable bonds is 7. The summed E-state index contributed by atoms with van der Waals surface area (Å²) >= 11 is 0. The predicted octanol–water partition coefficient (Wildman–Crippen LogP) is 2.15. The number of alkyl carbamates (subject to hydrolysis) is 1. The van der Waals surface area contributed by atoms with Crippen molar-refractivity contribution in [1.82, 2.24) is 10.6 Å². The Morgan fingerprint density at radius 2 is 1.76 bits per heavy atom. The molecule has 0 aliphatic heterocycles. The molecule has 7 nitrogen and oxygen atoms in total. The molecule has 0 unspecified atom stereocenters. The molecule has 1 rings (SSSR count). The average molecular weight is 350 g/mol. The quantitative estimate of drug-likeness (QED) is 0.735. The lowest BCUT2D eigenvalue weighted by molar-refractivity contribution is -0.144. The lowest BCUT2D eigenvalue weighted by Gasteiger charge is -2.21. The van der Waals surface area contributed by atoms with Crippen LogP contribution in [0.5, 0.6) is 0 Å². The Balaban J connectivity index is 2.22. The normalized spacial score (nSPS) is 12.0. The Morgan fingerprint density at radius 3 is 2.36 bits per heavy atom. The number of carbonyl (C=O) groups excluding carboxylic acids is 3. The fourth-order valence-electron chi connectivity index (χ4n) is 1.80. The van der Waals surface area contributed by atoms with Gasteiger partial charge in [-0.2, -0.15) is 0 Å². The van der Waals surface area contributed by atoms with Crippen molar-refractivity contribution in [2.45, 2.75) is 52.4 Å². The van der Waals surface area contributed by atoms with Gasteiger partial charge >= 0.3 is 12.1 Å². The lowest BCUT2D eigenvalue weighted by Crippen LogP contribution is -2.46. The van der Waals surface area contributed by atoms with E-state index in [9.17, 15) is 14.4 Å². The zero-order valence-electron chi connectivity index (χ0n) is 15.1. The first-order valence-corrected chi connectivity index (χ1v) is 8.14. The molecule has 0 saturated heterocycles. The summed E-state index contributed by atoms with van der Waals surface area (Å²) in [4.78, 5) is 35.1. The van der Waals surface area contributed by atoms with E-state index in [2.05, 4.69) is 10.6 Å². The second kappa shape index (κ2) is 9.66. The van der Waals surface area contributed by atoms with Crippen LogP contribution < -0.4 is 10.6 Å². The molecule has 2 amide bonds. The van der Waals surface area contributed by atoms with E-state index >= 15 is 0 Å². The molecule has 138 valence electrons. The van der Waals surface area contributed by atoms with Crippen LogP contribution in [0.2, 0.25) is 0 Å². The fourth-order valence-corrected chi connectivity index (χ4v) is 1.80. The van der Waals surface area contributed by atoms with Crippen LogP contribution in [0.4, 0.5) is 4.79 Å². The van der Waals surface area contributed by atoms with Crippen LogP contribution in [0.1, 0.15) is 39.7 Å². The van der Waals surface area contributed by atoms with E-state index in [0.29, 0.717) is 0 Å². The number of amides is 2. The topological polar surface area (TPSA) is 93.7 Å². The van der Waals surface area contributed by atoms with Crippen molar-refractivity contribution in [2.24, 2.45) is 0 Å². The van der Waals surface area contributed by atoms with Gasteiger partial charge in [-0.15, -0.1) is 0 Å². The van der Waals surface area contributed by atoms with E-state index in [-0.39, 0.29) is 19.6 Å². The minimum atomic E-state index is -0.768. The van der Waals surface area contributed by atoms with E-state index in [1.807, 2.05) is 30.3 Å². The van der Waals surface area contributed by atoms with Gasteiger partial charge in [0.2, 0.25) is 5.91 Å². The summed E-state index contributed by atoms with van der Waals surface area (Å²) in [6, 6.07) is 8.56. The SMILES string of the molecule is C[C@@H](NC(=O)OC(C)(C)C)C(=O)NCCC(=O)OCc1ccccc1. The molecular weight excluding hydrogens is 324 g/mol. The molecule has 0 aromatic heterocycles. The monoisotopic (exact) mass is 350 g/mol. The van der Waals surface area contributed by atoms with Crippen molar-refractivity contribution < 1.29 is 23.9 Å². The predicted molar refractivity (Wildman–Crippen MR) is 92.7 cm³/mol. The number of carbonyl (C=O) groups is 3. The second-order valence-corrected chi connectivity index (χ2v) is 6.56. The third-order valence-electron chi connectivity index (χ3n) is 3.00. The highest BCUT2D eigenvalue weighted by molar-refractivity contribution is 5.85. The number of nitrogens with one attached hydrogen (secondary N) is 2. The van der Waals surface area contributed by atoms with Crippen LogP contribution in [0, 0.1) is 0 Å². The molecule has 1 aromatic rings. The number of ether oxygens (including phenoxy) is 2.